The summed E-state index contributed by atoms with van der Waals surface area (Å²) in [4.78, 5) is 42.7. The number of carbonyl (C=O) groups excluding carboxylic acids is 2. The summed E-state index contributed by atoms with van der Waals surface area (Å²) in [6.45, 7) is 3.59. The molecule has 2 aromatic carbocycles. The third-order valence-corrected chi connectivity index (χ3v) is 4.54. The molecule has 0 spiro atoms. The van der Waals surface area contributed by atoms with Gasteiger partial charge in [0.2, 0.25) is 0 Å². The average molecular weight is 393 g/mol. The van der Waals surface area contributed by atoms with Crippen molar-refractivity contribution in [2.45, 2.75) is 33.0 Å². The maximum Gasteiger partial charge on any atom is 0.326 e. The SMILES string of the molecule is CC(C)N(Cc1ccccc1)C(=O)COC(=O)Cn1c(=O)cnc2ccccc21. The highest BCUT2D eigenvalue weighted by Crippen LogP contribution is 2.10. The van der Waals surface area contributed by atoms with Gasteiger partial charge in [-0.15, -0.1) is 0 Å². The van der Waals surface area contributed by atoms with Gasteiger partial charge in [-0.1, -0.05) is 42.5 Å². The van der Waals surface area contributed by atoms with Gasteiger partial charge in [-0.2, -0.15) is 0 Å². The molecule has 3 rings (SSSR count). The molecule has 0 saturated heterocycles. The first-order chi connectivity index (χ1) is 14.0. The Kier molecular flexibility index (Phi) is 6.39. The summed E-state index contributed by atoms with van der Waals surface area (Å²) in [5.74, 6) is -0.940. The molecule has 150 valence electrons. The number of fused-ring (bicyclic) bond motifs is 1. The lowest BCUT2D eigenvalue weighted by atomic mass is 10.2. The van der Waals surface area contributed by atoms with Crippen LogP contribution >= 0.6 is 0 Å². The largest absolute Gasteiger partial charge is 0.454 e. The summed E-state index contributed by atoms with van der Waals surface area (Å²) in [7, 11) is 0. The number of para-hydroxylation sites is 2. The Morgan fingerprint density at radius 1 is 1.07 bits per heavy atom. The molecule has 0 aliphatic carbocycles. The van der Waals surface area contributed by atoms with Gasteiger partial charge >= 0.3 is 5.97 Å². The molecule has 29 heavy (non-hydrogen) atoms. The summed E-state index contributed by atoms with van der Waals surface area (Å²) in [6.07, 6.45) is 1.17. The number of hydrogen-bond acceptors (Lipinski definition) is 5. The predicted molar refractivity (Wildman–Crippen MR) is 109 cm³/mol. The lowest BCUT2D eigenvalue weighted by Crippen LogP contribution is -2.39. The lowest BCUT2D eigenvalue weighted by molar-refractivity contribution is -0.153. The van der Waals surface area contributed by atoms with Crippen LogP contribution in [0.25, 0.3) is 11.0 Å². The van der Waals surface area contributed by atoms with Crippen LogP contribution in [0.4, 0.5) is 0 Å². The van der Waals surface area contributed by atoms with E-state index in [2.05, 4.69) is 4.98 Å². The van der Waals surface area contributed by atoms with E-state index in [1.165, 1.54) is 10.8 Å². The Morgan fingerprint density at radius 3 is 2.48 bits per heavy atom. The summed E-state index contributed by atoms with van der Waals surface area (Å²) >= 11 is 0. The Bertz CT molecular complexity index is 1060. The van der Waals surface area contributed by atoms with E-state index in [4.69, 9.17) is 4.74 Å². The molecule has 7 nitrogen and oxygen atoms in total. The molecule has 0 fully saturated rings. The van der Waals surface area contributed by atoms with Crippen molar-refractivity contribution in [3.8, 4) is 0 Å². The van der Waals surface area contributed by atoms with E-state index in [1.54, 1.807) is 29.2 Å². The van der Waals surface area contributed by atoms with Gasteiger partial charge in [-0.25, -0.2) is 4.98 Å². The monoisotopic (exact) mass is 393 g/mol. The molecule has 0 saturated carbocycles. The van der Waals surface area contributed by atoms with E-state index in [0.717, 1.165) is 5.56 Å². The number of nitrogens with zero attached hydrogens (tertiary/aromatic N) is 3. The van der Waals surface area contributed by atoms with Crippen LogP contribution in [0.5, 0.6) is 0 Å². The Hall–Kier alpha value is -3.48. The van der Waals surface area contributed by atoms with Crippen LogP contribution in [-0.4, -0.2) is 39.0 Å². The topological polar surface area (TPSA) is 81.5 Å². The van der Waals surface area contributed by atoms with Crippen LogP contribution in [0.1, 0.15) is 19.4 Å². The lowest BCUT2D eigenvalue weighted by Gasteiger charge is -2.26. The van der Waals surface area contributed by atoms with Crippen molar-refractivity contribution < 1.29 is 14.3 Å². The van der Waals surface area contributed by atoms with Crippen LogP contribution in [0, 0.1) is 0 Å². The molecule has 0 aliphatic heterocycles. The number of hydrogen-bond donors (Lipinski definition) is 0. The van der Waals surface area contributed by atoms with E-state index >= 15 is 0 Å². The molecule has 0 N–H and O–H groups in total. The maximum absolute atomic E-state index is 12.6. The van der Waals surface area contributed by atoms with Crippen LogP contribution in [-0.2, 0) is 27.4 Å². The molecular formula is C22H23N3O4. The minimum Gasteiger partial charge on any atom is -0.454 e. The fourth-order valence-electron chi connectivity index (χ4n) is 3.02. The number of ether oxygens (including phenoxy) is 1. The molecule has 0 radical (unpaired) electrons. The van der Waals surface area contributed by atoms with Crippen LogP contribution in [0.15, 0.2) is 65.6 Å². The number of amides is 1. The van der Waals surface area contributed by atoms with Crippen LogP contribution < -0.4 is 5.56 Å². The number of aromatic nitrogens is 2. The molecule has 0 aliphatic rings. The number of esters is 1. The van der Waals surface area contributed by atoms with Gasteiger partial charge in [0.25, 0.3) is 11.5 Å². The van der Waals surface area contributed by atoms with Gasteiger partial charge in [-0.05, 0) is 31.5 Å². The zero-order chi connectivity index (χ0) is 20.8. The van der Waals surface area contributed by atoms with E-state index in [1.807, 2.05) is 44.2 Å². The molecule has 1 aromatic heterocycles. The van der Waals surface area contributed by atoms with E-state index in [0.29, 0.717) is 17.6 Å². The zero-order valence-corrected chi connectivity index (χ0v) is 16.4. The highest BCUT2D eigenvalue weighted by molar-refractivity contribution is 5.81. The van der Waals surface area contributed by atoms with Crippen LogP contribution in [0.2, 0.25) is 0 Å². The van der Waals surface area contributed by atoms with Gasteiger partial charge < -0.3 is 9.64 Å². The first-order valence-electron chi connectivity index (χ1n) is 9.39. The van der Waals surface area contributed by atoms with Gasteiger partial charge in [0.1, 0.15) is 6.54 Å². The molecule has 1 amide bonds. The predicted octanol–water partition coefficient (Wildman–Crippen LogP) is 2.38. The van der Waals surface area contributed by atoms with Gasteiger partial charge in [0.05, 0.1) is 17.2 Å². The molecule has 0 unspecified atom stereocenters. The second-order valence-corrected chi connectivity index (χ2v) is 6.93. The highest BCUT2D eigenvalue weighted by Gasteiger charge is 2.19. The third kappa shape index (κ3) is 5.07. The zero-order valence-electron chi connectivity index (χ0n) is 16.4. The average Bonchev–Trinajstić information content (AvgIpc) is 2.73. The summed E-state index contributed by atoms with van der Waals surface area (Å²) in [5, 5.41) is 0. The van der Waals surface area contributed by atoms with Crippen molar-refractivity contribution in [3.63, 3.8) is 0 Å². The standard InChI is InChI=1S/C22H23N3O4/c1-16(2)24(13-17-8-4-3-5-9-17)21(27)15-29-22(28)14-25-19-11-7-6-10-18(19)23-12-20(25)26/h3-12,16H,13-15H2,1-2H3. The maximum atomic E-state index is 12.6. The fraction of sp³-hybridized carbons (Fsp3) is 0.273. The minimum atomic E-state index is -0.653. The summed E-state index contributed by atoms with van der Waals surface area (Å²) in [6, 6.07) is 16.6. The Morgan fingerprint density at radius 2 is 1.76 bits per heavy atom. The summed E-state index contributed by atoms with van der Waals surface area (Å²) in [5.41, 5.74) is 1.73. The van der Waals surface area contributed by atoms with Gasteiger partial charge in [0.15, 0.2) is 6.61 Å². The molecule has 7 heteroatoms. The smallest absolute Gasteiger partial charge is 0.326 e. The molecule has 0 bridgehead atoms. The molecule has 0 atom stereocenters. The number of benzene rings is 2. The van der Waals surface area contributed by atoms with Crippen molar-refractivity contribution in [1.29, 1.82) is 0 Å². The first kappa shape index (κ1) is 20.3. The van der Waals surface area contributed by atoms with E-state index < -0.39 is 11.5 Å². The Balaban J connectivity index is 1.65. The minimum absolute atomic E-state index is 0.0480. The van der Waals surface area contributed by atoms with E-state index in [9.17, 15) is 14.4 Å². The van der Waals surface area contributed by atoms with Crippen molar-refractivity contribution in [1.82, 2.24) is 14.5 Å². The first-order valence-corrected chi connectivity index (χ1v) is 9.39. The second-order valence-electron chi connectivity index (χ2n) is 6.93. The number of rotatable bonds is 7. The third-order valence-electron chi connectivity index (χ3n) is 4.54. The van der Waals surface area contributed by atoms with E-state index in [-0.39, 0.29) is 25.1 Å². The second kappa shape index (κ2) is 9.14. The number of carbonyl (C=O) groups is 2. The van der Waals surface area contributed by atoms with Crippen molar-refractivity contribution in [2.24, 2.45) is 0 Å². The Labute approximate surface area is 168 Å². The molecular weight excluding hydrogens is 370 g/mol. The quantitative estimate of drug-likeness (QED) is 0.576. The molecule has 3 aromatic rings. The van der Waals surface area contributed by atoms with Gasteiger partial charge in [0, 0.05) is 12.6 Å². The van der Waals surface area contributed by atoms with Crippen molar-refractivity contribution >= 4 is 22.9 Å². The summed E-state index contributed by atoms with van der Waals surface area (Å²) < 4.78 is 6.46. The fourth-order valence-corrected chi connectivity index (χ4v) is 3.02. The normalized spacial score (nSPS) is 10.9. The van der Waals surface area contributed by atoms with Crippen molar-refractivity contribution in [2.75, 3.05) is 6.61 Å². The highest BCUT2D eigenvalue weighted by atomic mass is 16.5. The van der Waals surface area contributed by atoms with Crippen molar-refractivity contribution in [3.05, 3.63) is 76.7 Å². The van der Waals surface area contributed by atoms with Crippen LogP contribution in [0.3, 0.4) is 0 Å². The molecule has 1 heterocycles. The van der Waals surface area contributed by atoms with Gasteiger partial charge in [-0.3, -0.25) is 19.0 Å².